The average molecular weight is 340 g/mol. The van der Waals surface area contributed by atoms with Crippen LogP contribution in [0.25, 0.3) is 11.3 Å². The van der Waals surface area contributed by atoms with Crippen molar-refractivity contribution in [3.8, 4) is 23.1 Å². The molecular weight excluding hydrogens is 320 g/mol. The normalized spacial score (nSPS) is 14.3. The van der Waals surface area contributed by atoms with E-state index >= 15 is 0 Å². The molecule has 1 heterocycles. The van der Waals surface area contributed by atoms with Crippen LogP contribution in [-0.2, 0) is 9.84 Å². The van der Waals surface area contributed by atoms with Crippen LogP contribution in [-0.4, -0.2) is 23.6 Å². The van der Waals surface area contributed by atoms with Gasteiger partial charge in [0.1, 0.15) is 5.69 Å². The van der Waals surface area contributed by atoms with E-state index in [1.165, 1.54) is 12.8 Å². The molecule has 0 aliphatic heterocycles. The number of aromatic nitrogens is 2. The third-order valence-electron chi connectivity index (χ3n) is 4.03. The number of nitrogens with zero attached hydrogens (tertiary/aromatic N) is 2. The molecule has 0 atom stereocenters. The van der Waals surface area contributed by atoms with Gasteiger partial charge in [0.25, 0.3) is 0 Å². The second-order valence-corrected chi connectivity index (χ2v) is 8.86. The molecular formula is C19H20N2O2S. The second kappa shape index (κ2) is 6.37. The van der Waals surface area contributed by atoms with E-state index in [4.69, 9.17) is 0 Å². The third-order valence-corrected chi connectivity index (χ3v) is 6.20. The lowest BCUT2D eigenvalue weighted by Crippen LogP contribution is -2.13. The molecule has 1 aromatic carbocycles. The summed E-state index contributed by atoms with van der Waals surface area (Å²) in [5, 5.41) is -0.438. The Morgan fingerprint density at radius 3 is 2.42 bits per heavy atom. The van der Waals surface area contributed by atoms with E-state index in [-0.39, 0.29) is 0 Å². The molecule has 1 fully saturated rings. The maximum absolute atomic E-state index is 12.2. The van der Waals surface area contributed by atoms with Gasteiger partial charge in [-0.3, -0.25) is 4.98 Å². The molecule has 1 aromatic heterocycles. The first kappa shape index (κ1) is 16.7. The van der Waals surface area contributed by atoms with E-state index in [2.05, 4.69) is 21.8 Å². The summed E-state index contributed by atoms with van der Waals surface area (Å²) in [5.41, 5.74) is 3.04. The molecule has 0 N–H and O–H groups in total. The van der Waals surface area contributed by atoms with Crippen molar-refractivity contribution in [2.45, 2.75) is 43.8 Å². The topological polar surface area (TPSA) is 59.9 Å². The van der Waals surface area contributed by atoms with Crippen molar-refractivity contribution in [3.05, 3.63) is 41.9 Å². The maximum Gasteiger partial charge on any atom is 0.180 e. The number of hydrogen-bond acceptors (Lipinski definition) is 4. The van der Waals surface area contributed by atoms with Crippen LogP contribution in [0.3, 0.4) is 0 Å². The van der Waals surface area contributed by atoms with Crippen molar-refractivity contribution in [3.63, 3.8) is 0 Å². The zero-order valence-electron chi connectivity index (χ0n) is 14.1. The Kier molecular flexibility index (Phi) is 4.42. The Morgan fingerprint density at radius 2 is 1.83 bits per heavy atom. The van der Waals surface area contributed by atoms with Crippen LogP contribution in [0.5, 0.6) is 0 Å². The van der Waals surface area contributed by atoms with Crippen molar-refractivity contribution in [1.29, 1.82) is 0 Å². The van der Waals surface area contributed by atoms with Crippen molar-refractivity contribution in [2.24, 2.45) is 5.92 Å². The lowest BCUT2D eigenvalue weighted by Gasteiger charge is -2.09. The highest BCUT2D eigenvalue weighted by molar-refractivity contribution is 7.92. The van der Waals surface area contributed by atoms with Gasteiger partial charge in [-0.25, -0.2) is 13.4 Å². The number of benzene rings is 1. The van der Waals surface area contributed by atoms with Crippen LogP contribution in [0.1, 0.15) is 38.1 Å². The summed E-state index contributed by atoms with van der Waals surface area (Å²) >= 11 is 0. The number of rotatable bonds is 3. The molecule has 0 unspecified atom stereocenters. The van der Waals surface area contributed by atoms with Crippen LogP contribution < -0.4 is 0 Å². The molecule has 3 rings (SSSR count). The first-order valence-corrected chi connectivity index (χ1v) is 9.62. The summed E-state index contributed by atoms with van der Waals surface area (Å²) in [6.07, 6.45) is 4.04. The predicted octanol–water partition coefficient (Wildman–Crippen LogP) is 3.40. The highest BCUT2D eigenvalue weighted by atomic mass is 32.2. The van der Waals surface area contributed by atoms with Crippen molar-refractivity contribution in [2.75, 3.05) is 0 Å². The highest BCUT2D eigenvalue weighted by Crippen LogP contribution is 2.28. The van der Waals surface area contributed by atoms with Gasteiger partial charge in [0.2, 0.25) is 0 Å². The quantitative estimate of drug-likeness (QED) is 0.804. The average Bonchev–Trinajstić information content (AvgIpc) is 3.38. The van der Waals surface area contributed by atoms with Crippen molar-refractivity contribution in [1.82, 2.24) is 9.97 Å². The Labute approximate surface area is 143 Å². The highest BCUT2D eigenvalue weighted by Gasteiger charge is 2.19. The van der Waals surface area contributed by atoms with Gasteiger partial charge in [-0.2, -0.15) is 0 Å². The minimum absolute atomic E-state index is 0.329. The zero-order valence-corrected chi connectivity index (χ0v) is 14.9. The molecule has 0 amide bonds. The Morgan fingerprint density at radius 1 is 1.17 bits per heavy atom. The molecule has 0 bridgehead atoms. The monoisotopic (exact) mass is 340 g/mol. The van der Waals surface area contributed by atoms with Crippen LogP contribution in [0.4, 0.5) is 0 Å². The van der Waals surface area contributed by atoms with Gasteiger partial charge < -0.3 is 0 Å². The lowest BCUT2D eigenvalue weighted by molar-refractivity contribution is 0.587. The molecule has 0 spiro atoms. The molecule has 4 nitrogen and oxygen atoms in total. The summed E-state index contributed by atoms with van der Waals surface area (Å²) in [4.78, 5) is 9.28. The molecule has 2 aromatic rings. The van der Waals surface area contributed by atoms with Gasteiger partial charge >= 0.3 is 0 Å². The molecule has 0 saturated heterocycles. The molecule has 1 aliphatic rings. The summed E-state index contributed by atoms with van der Waals surface area (Å²) in [7, 11) is -3.26. The fourth-order valence-corrected chi connectivity index (χ4v) is 3.25. The minimum atomic E-state index is -3.26. The van der Waals surface area contributed by atoms with Gasteiger partial charge in [-0.1, -0.05) is 18.1 Å². The first-order valence-electron chi connectivity index (χ1n) is 8.07. The maximum atomic E-state index is 12.2. The van der Waals surface area contributed by atoms with Gasteiger partial charge in [0, 0.05) is 11.5 Å². The fourth-order valence-electron chi connectivity index (χ4n) is 2.19. The Balaban J connectivity index is 1.92. The smallest absolute Gasteiger partial charge is 0.180 e. The van der Waals surface area contributed by atoms with Gasteiger partial charge in [-0.15, -0.1) is 0 Å². The van der Waals surface area contributed by atoms with Crippen LogP contribution in [0.15, 0.2) is 35.4 Å². The van der Waals surface area contributed by atoms with Gasteiger partial charge in [-0.05, 0) is 51.7 Å². The summed E-state index contributed by atoms with van der Waals surface area (Å²) in [5.74, 6) is 6.83. The molecule has 1 aliphatic carbocycles. The van der Waals surface area contributed by atoms with E-state index in [0.717, 1.165) is 11.3 Å². The SMILES string of the molecule is Cc1ncc(-c2ccc(S(=O)(=O)C(C)C)cc2)nc1C#CC1CC1. The van der Waals surface area contributed by atoms with E-state index in [1.54, 1.807) is 44.3 Å². The molecule has 0 radical (unpaired) electrons. The molecule has 124 valence electrons. The molecule has 5 heteroatoms. The minimum Gasteiger partial charge on any atom is -0.256 e. The van der Waals surface area contributed by atoms with Crippen LogP contribution in [0.2, 0.25) is 0 Å². The van der Waals surface area contributed by atoms with Crippen LogP contribution in [0, 0.1) is 24.7 Å². The first-order chi connectivity index (χ1) is 11.4. The number of aryl methyl sites for hydroxylation is 1. The van der Waals surface area contributed by atoms with Gasteiger partial charge in [0.15, 0.2) is 9.84 Å². The molecule has 1 saturated carbocycles. The lowest BCUT2D eigenvalue weighted by atomic mass is 10.1. The summed E-state index contributed by atoms with van der Waals surface area (Å²) < 4.78 is 24.4. The Hall–Kier alpha value is -2.19. The standard InChI is InChI=1S/C19H20N2O2S/c1-13(2)24(22,23)17-9-7-16(8-10-17)19-12-20-14(3)18(21-19)11-6-15-4-5-15/h7-10,12-13,15H,4-5H2,1-3H3. The van der Waals surface area contributed by atoms with Crippen LogP contribution >= 0.6 is 0 Å². The van der Waals surface area contributed by atoms with E-state index in [0.29, 0.717) is 22.2 Å². The molecule has 24 heavy (non-hydrogen) atoms. The van der Waals surface area contributed by atoms with Crippen molar-refractivity contribution >= 4 is 9.84 Å². The fraction of sp³-hybridized carbons (Fsp3) is 0.368. The van der Waals surface area contributed by atoms with Crippen molar-refractivity contribution < 1.29 is 8.42 Å². The summed E-state index contributed by atoms with van der Waals surface area (Å²) in [6, 6.07) is 6.79. The Bertz CT molecular complexity index is 916. The zero-order chi connectivity index (χ0) is 17.3. The summed E-state index contributed by atoms with van der Waals surface area (Å²) in [6.45, 7) is 5.25. The third kappa shape index (κ3) is 3.49. The van der Waals surface area contributed by atoms with E-state index < -0.39 is 15.1 Å². The van der Waals surface area contributed by atoms with E-state index in [1.807, 2.05) is 6.92 Å². The second-order valence-electron chi connectivity index (χ2n) is 6.35. The van der Waals surface area contributed by atoms with Gasteiger partial charge in [0.05, 0.1) is 27.7 Å². The largest absolute Gasteiger partial charge is 0.256 e. The van der Waals surface area contributed by atoms with E-state index in [9.17, 15) is 8.42 Å². The number of hydrogen-bond donors (Lipinski definition) is 0. The predicted molar refractivity (Wildman–Crippen MR) is 94.1 cm³/mol. The number of sulfone groups is 1.